The van der Waals surface area contributed by atoms with E-state index in [0.717, 1.165) is 43.0 Å². The van der Waals surface area contributed by atoms with Crippen molar-refractivity contribution in [3.8, 4) is 17.2 Å². The molecule has 4 rings (SSSR count). The summed E-state index contributed by atoms with van der Waals surface area (Å²) >= 11 is 0. The Labute approximate surface area is 206 Å². The number of rotatable bonds is 12. The van der Waals surface area contributed by atoms with Gasteiger partial charge < -0.3 is 24.1 Å². The Balaban J connectivity index is 1.31. The molecule has 0 aliphatic carbocycles. The third-order valence-electron chi connectivity index (χ3n) is 5.96. The highest BCUT2D eigenvalue weighted by Gasteiger charge is 2.17. The molecule has 0 unspecified atom stereocenters. The first-order chi connectivity index (χ1) is 17.0. The van der Waals surface area contributed by atoms with Gasteiger partial charge in [0.2, 0.25) is 6.79 Å². The van der Waals surface area contributed by atoms with Crippen molar-refractivity contribution in [2.24, 2.45) is 5.92 Å². The monoisotopic (exact) mass is 479 g/mol. The van der Waals surface area contributed by atoms with Gasteiger partial charge in [0, 0.05) is 19.2 Å². The molecule has 0 spiro atoms. The van der Waals surface area contributed by atoms with Crippen LogP contribution in [0.3, 0.4) is 0 Å². The van der Waals surface area contributed by atoms with E-state index >= 15 is 0 Å². The first-order valence-corrected chi connectivity index (χ1v) is 12.0. The molecule has 0 atom stereocenters. The van der Waals surface area contributed by atoms with E-state index in [1.807, 2.05) is 30.3 Å². The van der Waals surface area contributed by atoms with Crippen molar-refractivity contribution in [1.29, 1.82) is 0 Å². The number of amides is 1. The number of carbonyl (C=O) groups is 1. The number of fused-ring (bicyclic) bond motifs is 1. The molecule has 1 aliphatic rings. The summed E-state index contributed by atoms with van der Waals surface area (Å²) in [6.07, 6.45) is 2.00. The molecule has 1 aliphatic heterocycles. The van der Waals surface area contributed by atoms with Crippen LogP contribution in [0.1, 0.15) is 47.6 Å². The lowest BCUT2D eigenvalue weighted by Crippen LogP contribution is -2.27. The van der Waals surface area contributed by atoms with Gasteiger partial charge in [-0.3, -0.25) is 9.69 Å². The average Bonchev–Trinajstić information content (AvgIpc) is 3.53. The van der Waals surface area contributed by atoms with E-state index in [2.05, 4.69) is 41.4 Å². The molecule has 8 heteroatoms. The van der Waals surface area contributed by atoms with Gasteiger partial charge in [-0.15, -0.1) is 0 Å². The van der Waals surface area contributed by atoms with Crippen LogP contribution in [-0.4, -0.2) is 43.0 Å². The highest BCUT2D eigenvalue weighted by atomic mass is 16.7. The zero-order valence-corrected chi connectivity index (χ0v) is 20.6. The lowest BCUT2D eigenvalue weighted by Gasteiger charge is -2.22. The molecule has 0 fully saturated rings. The molecular formula is C27H33N3O5. The highest BCUT2D eigenvalue weighted by Crippen LogP contribution is 2.32. The minimum atomic E-state index is -0.273. The third kappa shape index (κ3) is 6.99. The number of carbonyl (C=O) groups excluding carboxylic acids is 1. The van der Waals surface area contributed by atoms with E-state index in [9.17, 15) is 4.79 Å². The van der Waals surface area contributed by atoms with Crippen molar-refractivity contribution in [3.05, 3.63) is 71.1 Å². The molecule has 8 nitrogen and oxygen atoms in total. The van der Waals surface area contributed by atoms with Crippen LogP contribution in [-0.2, 0) is 19.5 Å². The number of aromatic nitrogens is 1. The van der Waals surface area contributed by atoms with Crippen LogP contribution in [0.2, 0.25) is 0 Å². The van der Waals surface area contributed by atoms with Crippen LogP contribution in [0.4, 0.5) is 0 Å². The van der Waals surface area contributed by atoms with Crippen LogP contribution in [0.5, 0.6) is 17.2 Å². The van der Waals surface area contributed by atoms with Gasteiger partial charge >= 0.3 is 0 Å². The van der Waals surface area contributed by atoms with Crippen molar-refractivity contribution < 1.29 is 23.5 Å². The fourth-order valence-corrected chi connectivity index (χ4v) is 3.83. The Morgan fingerprint density at radius 1 is 1.06 bits per heavy atom. The van der Waals surface area contributed by atoms with Crippen molar-refractivity contribution in [1.82, 2.24) is 15.4 Å². The minimum absolute atomic E-state index is 0.223. The highest BCUT2D eigenvalue weighted by molar-refractivity contribution is 5.92. The number of hydrogen-bond acceptors (Lipinski definition) is 7. The molecule has 3 aromatic rings. The Morgan fingerprint density at radius 2 is 1.83 bits per heavy atom. The lowest BCUT2D eigenvalue weighted by atomic mass is 10.1. The molecule has 35 heavy (non-hydrogen) atoms. The molecule has 186 valence electrons. The lowest BCUT2D eigenvalue weighted by molar-refractivity contribution is 0.0941. The molecule has 1 aromatic heterocycles. The van der Waals surface area contributed by atoms with Gasteiger partial charge in [-0.05, 0) is 60.7 Å². The summed E-state index contributed by atoms with van der Waals surface area (Å²) in [4.78, 5) is 15.0. The Morgan fingerprint density at radius 3 is 2.60 bits per heavy atom. The number of methoxy groups -OCH3 is 1. The molecule has 1 N–H and O–H groups in total. The Bertz CT molecular complexity index is 1110. The first kappa shape index (κ1) is 24.6. The van der Waals surface area contributed by atoms with E-state index < -0.39 is 0 Å². The standard InChI is InChI=1S/C27H33N3O5/c1-19(2)10-12-30(13-11-20-4-7-22(32-3)8-5-20)17-23-15-24(29-35-23)27(31)28-16-21-6-9-25-26(14-21)34-18-33-25/h4-9,14-15,19H,10-13,16-18H2,1-3H3,(H,28,31). The maximum Gasteiger partial charge on any atom is 0.273 e. The molecule has 0 radical (unpaired) electrons. The fourth-order valence-electron chi connectivity index (χ4n) is 3.83. The normalized spacial score (nSPS) is 12.4. The summed E-state index contributed by atoms with van der Waals surface area (Å²) < 4.78 is 21.5. The van der Waals surface area contributed by atoms with Gasteiger partial charge in [-0.25, -0.2) is 0 Å². The maximum absolute atomic E-state index is 12.6. The van der Waals surface area contributed by atoms with E-state index in [1.54, 1.807) is 13.2 Å². The number of benzene rings is 2. The molecular weight excluding hydrogens is 446 g/mol. The van der Waals surface area contributed by atoms with E-state index in [1.165, 1.54) is 5.56 Å². The fraction of sp³-hybridized carbons (Fsp3) is 0.407. The quantitative estimate of drug-likeness (QED) is 0.411. The topological polar surface area (TPSA) is 86.1 Å². The molecule has 0 bridgehead atoms. The summed E-state index contributed by atoms with van der Waals surface area (Å²) in [7, 11) is 1.67. The van der Waals surface area contributed by atoms with E-state index in [0.29, 0.717) is 30.5 Å². The predicted molar refractivity (Wildman–Crippen MR) is 132 cm³/mol. The Kier molecular flexibility index (Phi) is 8.26. The van der Waals surface area contributed by atoms with Crippen molar-refractivity contribution in [3.63, 3.8) is 0 Å². The SMILES string of the molecule is COc1ccc(CCN(CCC(C)C)Cc2cc(C(=O)NCc3ccc4c(c3)OCO4)no2)cc1. The summed E-state index contributed by atoms with van der Waals surface area (Å²) in [6.45, 7) is 7.45. The predicted octanol–water partition coefficient (Wildman–Crippen LogP) is 4.43. The number of nitrogens with zero attached hydrogens (tertiary/aromatic N) is 2. The average molecular weight is 480 g/mol. The number of nitrogens with one attached hydrogen (secondary N) is 1. The van der Waals surface area contributed by atoms with Gasteiger partial charge in [0.1, 0.15) is 5.75 Å². The Hall–Kier alpha value is -3.52. The smallest absolute Gasteiger partial charge is 0.273 e. The van der Waals surface area contributed by atoms with Crippen LogP contribution in [0, 0.1) is 5.92 Å². The molecule has 1 amide bonds. The van der Waals surface area contributed by atoms with Crippen molar-refractivity contribution in [2.45, 2.75) is 39.8 Å². The summed E-state index contributed by atoms with van der Waals surface area (Å²) in [5.74, 6) is 3.27. The van der Waals surface area contributed by atoms with Crippen molar-refractivity contribution in [2.75, 3.05) is 27.0 Å². The van der Waals surface area contributed by atoms with Gasteiger partial charge in [0.15, 0.2) is 23.0 Å². The second-order valence-electron chi connectivity index (χ2n) is 9.11. The van der Waals surface area contributed by atoms with Gasteiger partial charge in [0.25, 0.3) is 5.91 Å². The molecule has 0 saturated heterocycles. The van der Waals surface area contributed by atoms with Gasteiger partial charge in [-0.2, -0.15) is 0 Å². The minimum Gasteiger partial charge on any atom is -0.497 e. The second kappa shape index (κ2) is 11.8. The zero-order chi connectivity index (χ0) is 24.6. The van der Waals surface area contributed by atoms with Crippen LogP contribution >= 0.6 is 0 Å². The molecule has 2 aromatic carbocycles. The third-order valence-corrected chi connectivity index (χ3v) is 5.96. The first-order valence-electron chi connectivity index (χ1n) is 12.0. The van der Waals surface area contributed by atoms with Crippen LogP contribution in [0.25, 0.3) is 0 Å². The van der Waals surface area contributed by atoms with Crippen LogP contribution in [0.15, 0.2) is 53.1 Å². The molecule has 0 saturated carbocycles. The second-order valence-corrected chi connectivity index (χ2v) is 9.11. The summed E-state index contributed by atoms with van der Waals surface area (Å²) in [5.41, 5.74) is 2.45. The van der Waals surface area contributed by atoms with Gasteiger partial charge in [0.05, 0.1) is 13.7 Å². The number of ether oxygens (including phenoxy) is 3. The summed E-state index contributed by atoms with van der Waals surface area (Å²) in [5, 5.41) is 6.89. The van der Waals surface area contributed by atoms with E-state index in [-0.39, 0.29) is 18.4 Å². The number of hydrogen-bond donors (Lipinski definition) is 1. The largest absolute Gasteiger partial charge is 0.497 e. The zero-order valence-electron chi connectivity index (χ0n) is 20.6. The maximum atomic E-state index is 12.6. The van der Waals surface area contributed by atoms with Crippen LogP contribution < -0.4 is 19.5 Å². The molecule has 2 heterocycles. The summed E-state index contributed by atoms with van der Waals surface area (Å²) in [6, 6.07) is 15.5. The van der Waals surface area contributed by atoms with Crippen molar-refractivity contribution >= 4 is 5.91 Å². The van der Waals surface area contributed by atoms with E-state index in [4.69, 9.17) is 18.7 Å². The van der Waals surface area contributed by atoms with Gasteiger partial charge in [-0.1, -0.05) is 37.2 Å².